The summed E-state index contributed by atoms with van der Waals surface area (Å²) < 4.78 is 0. The minimum absolute atomic E-state index is 1.59. The highest BCUT2D eigenvalue weighted by Crippen LogP contribution is 1.85. The van der Waals surface area contributed by atoms with Crippen molar-refractivity contribution in [2.75, 3.05) is 0 Å². The predicted molar refractivity (Wildman–Crippen MR) is 18.6 cm³/mol. The van der Waals surface area contributed by atoms with Gasteiger partial charge >= 0.3 is 11.9 Å². The fourth-order valence-electron chi connectivity index (χ4n) is 0. The molecule has 0 atom stereocenters. The summed E-state index contributed by atoms with van der Waals surface area (Å²) in [6.45, 7) is 0. The van der Waals surface area contributed by atoms with Gasteiger partial charge in [0.2, 0.25) is 0 Å². The SMILES string of the molecule is NC(=O)C(O)(O)O. The summed E-state index contributed by atoms with van der Waals surface area (Å²) in [7, 11) is 0. The lowest BCUT2D eigenvalue weighted by atomic mass is 10.5. The van der Waals surface area contributed by atoms with Crippen molar-refractivity contribution in [1.82, 2.24) is 0 Å². The molecule has 5 nitrogen and oxygen atoms in total. The maximum absolute atomic E-state index is 9.49. The molecule has 0 aliphatic rings. The van der Waals surface area contributed by atoms with Crippen molar-refractivity contribution in [3.63, 3.8) is 0 Å². The van der Waals surface area contributed by atoms with Gasteiger partial charge in [-0.15, -0.1) is 0 Å². The molecule has 0 aromatic carbocycles. The molecular formula is C2H5NO4. The van der Waals surface area contributed by atoms with Crippen LogP contribution in [-0.2, 0) is 4.79 Å². The summed E-state index contributed by atoms with van der Waals surface area (Å²) in [4.78, 5) is 9.49. The van der Waals surface area contributed by atoms with Crippen molar-refractivity contribution in [2.24, 2.45) is 5.73 Å². The van der Waals surface area contributed by atoms with Gasteiger partial charge in [0.25, 0.3) is 0 Å². The monoisotopic (exact) mass is 107 g/mol. The Labute approximate surface area is 39.0 Å². The van der Waals surface area contributed by atoms with Crippen LogP contribution in [0.5, 0.6) is 0 Å². The molecule has 0 aliphatic carbocycles. The van der Waals surface area contributed by atoms with Crippen LogP contribution in [0, 0.1) is 0 Å². The van der Waals surface area contributed by atoms with E-state index in [0.717, 1.165) is 0 Å². The Morgan fingerprint density at radius 3 is 1.57 bits per heavy atom. The van der Waals surface area contributed by atoms with Crippen molar-refractivity contribution in [3.8, 4) is 0 Å². The van der Waals surface area contributed by atoms with Crippen LogP contribution in [-0.4, -0.2) is 27.2 Å². The third-order valence-electron chi connectivity index (χ3n) is 0.331. The number of hydrogen-bond donors (Lipinski definition) is 4. The molecule has 5 heteroatoms. The van der Waals surface area contributed by atoms with Gasteiger partial charge in [-0.1, -0.05) is 0 Å². The van der Waals surface area contributed by atoms with Gasteiger partial charge in [0.1, 0.15) is 0 Å². The lowest BCUT2D eigenvalue weighted by Gasteiger charge is -2.05. The molecule has 7 heavy (non-hydrogen) atoms. The summed E-state index contributed by atoms with van der Waals surface area (Å²) in [5.74, 6) is -4.95. The summed E-state index contributed by atoms with van der Waals surface area (Å²) in [6.07, 6.45) is 0. The smallest absolute Gasteiger partial charge is 0.360 e. The molecule has 0 saturated heterocycles. The molecule has 1 amide bonds. The molecule has 42 valence electrons. The van der Waals surface area contributed by atoms with Crippen molar-refractivity contribution in [2.45, 2.75) is 5.97 Å². The summed E-state index contributed by atoms with van der Waals surface area (Å²) in [6, 6.07) is 0. The second-order valence-electron chi connectivity index (χ2n) is 1.000. The molecule has 0 fully saturated rings. The fourth-order valence-corrected chi connectivity index (χ4v) is 0. The number of carbonyl (C=O) groups excluding carboxylic acids is 1. The lowest BCUT2D eigenvalue weighted by Crippen LogP contribution is -2.43. The van der Waals surface area contributed by atoms with E-state index in [1.165, 1.54) is 0 Å². The zero-order chi connectivity index (χ0) is 6.08. The van der Waals surface area contributed by atoms with Crippen molar-refractivity contribution >= 4 is 5.91 Å². The Bertz CT molecular complexity index is 82.2. The van der Waals surface area contributed by atoms with E-state index < -0.39 is 11.9 Å². The second-order valence-corrected chi connectivity index (χ2v) is 1.000. The van der Waals surface area contributed by atoms with Crippen molar-refractivity contribution in [3.05, 3.63) is 0 Å². The Kier molecular flexibility index (Phi) is 1.32. The normalized spacial score (nSPS) is 11.3. The Hall–Kier alpha value is -0.650. The van der Waals surface area contributed by atoms with Crippen LogP contribution in [0.2, 0.25) is 0 Å². The highest BCUT2D eigenvalue weighted by molar-refractivity contribution is 5.79. The van der Waals surface area contributed by atoms with Gasteiger partial charge in [0.15, 0.2) is 0 Å². The van der Waals surface area contributed by atoms with Crippen LogP contribution in [0.15, 0.2) is 0 Å². The van der Waals surface area contributed by atoms with E-state index >= 15 is 0 Å². The second kappa shape index (κ2) is 1.45. The largest absolute Gasteiger partial charge is 0.363 e. The first kappa shape index (κ1) is 6.35. The fraction of sp³-hybridized carbons (Fsp3) is 0.500. The average molecular weight is 107 g/mol. The van der Waals surface area contributed by atoms with E-state index in [9.17, 15) is 4.79 Å². The van der Waals surface area contributed by atoms with E-state index in [0.29, 0.717) is 0 Å². The third kappa shape index (κ3) is 2.10. The average Bonchev–Trinajstić information content (AvgIpc) is 1.31. The van der Waals surface area contributed by atoms with Crippen LogP contribution < -0.4 is 5.73 Å². The molecule has 0 aliphatic heterocycles. The number of hydrogen-bond acceptors (Lipinski definition) is 4. The topological polar surface area (TPSA) is 104 Å². The number of aliphatic hydroxyl groups is 3. The van der Waals surface area contributed by atoms with E-state index in [2.05, 4.69) is 5.73 Å². The Morgan fingerprint density at radius 2 is 1.57 bits per heavy atom. The molecule has 5 N–H and O–H groups in total. The molecule has 0 unspecified atom stereocenters. The van der Waals surface area contributed by atoms with E-state index in [1.54, 1.807) is 0 Å². The van der Waals surface area contributed by atoms with Crippen LogP contribution in [0.25, 0.3) is 0 Å². The van der Waals surface area contributed by atoms with Gasteiger partial charge < -0.3 is 21.1 Å². The third-order valence-corrected chi connectivity index (χ3v) is 0.331. The minimum atomic E-state index is -3.36. The zero-order valence-corrected chi connectivity index (χ0v) is 3.33. The highest BCUT2D eigenvalue weighted by atomic mass is 16.7. The van der Waals surface area contributed by atoms with Gasteiger partial charge in [0, 0.05) is 0 Å². The van der Waals surface area contributed by atoms with Crippen LogP contribution in [0.4, 0.5) is 0 Å². The molecular weight excluding hydrogens is 102 g/mol. The molecule has 0 heterocycles. The van der Waals surface area contributed by atoms with Gasteiger partial charge in [0.05, 0.1) is 0 Å². The molecule has 0 aromatic rings. The van der Waals surface area contributed by atoms with Gasteiger partial charge in [-0.25, -0.2) is 0 Å². The maximum atomic E-state index is 9.49. The Balaban J connectivity index is 3.79. The van der Waals surface area contributed by atoms with Crippen LogP contribution >= 0.6 is 0 Å². The van der Waals surface area contributed by atoms with Crippen LogP contribution in [0.1, 0.15) is 0 Å². The van der Waals surface area contributed by atoms with Gasteiger partial charge in [-0.3, -0.25) is 4.79 Å². The number of rotatable bonds is 1. The maximum Gasteiger partial charge on any atom is 0.360 e. The lowest BCUT2D eigenvalue weighted by molar-refractivity contribution is -0.286. The highest BCUT2D eigenvalue weighted by Gasteiger charge is 2.25. The van der Waals surface area contributed by atoms with E-state index in [1.807, 2.05) is 0 Å². The minimum Gasteiger partial charge on any atom is -0.363 e. The number of primary amides is 1. The summed E-state index contributed by atoms with van der Waals surface area (Å²) >= 11 is 0. The quantitative estimate of drug-likeness (QED) is 0.270. The standard InChI is InChI=1S/C2H5NO4/c3-1(4)2(5,6)7/h5-7H,(H2,3,4). The first-order chi connectivity index (χ1) is 2.94. The van der Waals surface area contributed by atoms with E-state index in [4.69, 9.17) is 15.3 Å². The number of amides is 1. The molecule has 0 aromatic heterocycles. The van der Waals surface area contributed by atoms with Crippen molar-refractivity contribution < 1.29 is 20.1 Å². The molecule has 0 radical (unpaired) electrons. The number of nitrogens with two attached hydrogens (primary N) is 1. The molecule has 0 saturated carbocycles. The molecule has 0 bridgehead atoms. The molecule has 0 rings (SSSR count). The first-order valence-corrected chi connectivity index (χ1v) is 1.41. The number of carbonyl (C=O) groups is 1. The predicted octanol–water partition coefficient (Wildman–Crippen LogP) is -2.90. The van der Waals surface area contributed by atoms with Crippen molar-refractivity contribution in [1.29, 1.82) is 0 Å². The zero-order valence-electron chi connectivity index (χ0n) is 3.33. The van der Waals surface area contributed by atoms with Gasteiger partial charge in [-0.05, 0) is 0 Å². The van der Waals surface area contributed by atoms with E-state index in [-0.39, 0.29) is 0 Å². The van der Waals surface area contributed by atoms with Gasteiger partial charge in [-0.2, -0.15) is 0 Å². The first-order valence-electron chi connectivity index (χ1n) is 1.41. The summed E-state index contributed by atoms with van der Waals surface area (Å²) in [5, 5.41) is 23.2. The molecule has 0 spiro atoms. The van der Waals surface area contributed by atoms with Crippen LogP contribution in [0.3, 0.4) is 0 Å². The summed E-state index contributed by atoms with van der Waals surface area (Å²) in [5.41, 5.74) is 4.18. The Morgan fingerprint density at radius 1 is 1.43 bits per heavy atom.